The van der Waals surface area contributed by atoms with Crippen molar-refractivity contribution in [2.75, 3.05) is 19.8 Å². The van der Waals surface area contributed by atoms with Gasteiger partial charge in [0.2, 0.25) is 0 Å². The van der Waals surface area contributed by atoms with Gasteiger partial charge in [-0.2, -0.15) is 0 Å². The van der Waals surface area contributed by atoms with Crippen LogP contribution in [-0.2, 0) is 9.47 Å². The van der Waals surface area contributed by atoms with Crippen LogP contribution < -0.4 is 10.6 Å². The molecule has 3 atom stereocenters. The Hall–Kier alpha value is -1.59. The minimum Gasteiger partial charge on any atom is -0.378 e. The molecule has 23 heavy (non-hydrogen) atoms. The van der Waals surface area contributed by atoms with Crippen molar-refractivity contribution < 1.29 is 14.3 Å². The first-order chi connectivity index (χ1) is 11.3. The van der Waals surface area contributed by atoms with Gasteiger partial charge >= 0.3 is 6.03 Å². The molecule has 0 spiro atoms. The van der Waals surface area contributed by atoms with Crippen molar-refractivity contribution in [2.45, 2.75) is 50.4 Å². The quantitative estimate of drug-likeness (QED) is 0.877. The zero-order valence-corrected chi connectivity index (χ0v) is 13.5. The van der Waals surface area contributed by atoms with Crippen molar-refractivity contribution in [3.05, 3.63) is 35.9 Å². The molecule has 0 aliphatic carbocycles. The second kappa shape index (κ2) is 8.31. The van der Waals surface area contributed by atoms with Crippen LogP contribution in [0.4, 0.5) is 4.79 Å². The zero-order valence-electron chi connectivity index (χ0n) is 13.5. The summed E-state index contributed by atoms with van der Waals surface area (Å²) in [5, 5.41) is 5.99. The van der Waals surface area contributed by atoms with Crippen LogP contribution in [0, 0.1) is 0 Å². The fourth-order valence-electron chi connectivity index (χ4n) is 3.31. The van der Waals surface area contributed by atoms with Gasteiger partial charge in [0.05, 0.1) is 12.1 Å². The number of ether oxygens (including phenoxy) is 2. The van der Waals surface area contributed by atoms with E-state index in [1.165, 1.54) is 6.42 Å². The van der Waals surface area contributed by atoms with Gasteiger partial charge in [0.25, 0.3) is 0 Å². The van der Waals surface area contributed by atoms with Gasteiger partial charge in [0.1, 0.15) is 6.10 Å². The largest absolute Gasteiger partial charge is 0.378 e. The molecule has 1 aromatic carbocycles. The van der Waals surface area contributed by atoms with Crippen molar-refractivity contribution in [2.24, 2.45) is 0 Å². The maximum absolute atomic E-state index is 12.1. The van der Waals surface area contributed by atoms with Gasteiger partial charge in [-0.1, -0.05) is 30.3 Å². The average molecular weight is 318 g/mol. The lowest BCUT2D eigenvalue weighted by atomic mass is 10.0. The Morgan fingerprint density at radius 2 is 1.96 bits per heavy atom. The van der Waals surface area contributed by atoms with E-state index in [1.807, 2.05) is 30.3 Å². The summed E-state index contributed by atoms with van der Waals surface area (Å²) in [7, 11) is 0. The number of hydrogen-bond donors (Lipinski definition) is 2. The lowest BCUT2D eigenvalue weighted by Crippen LogP contribution is -2.44. The summed E-state index contributed by atoms with van der Waals surface area (Å²) in [5.74, 6) is 0. The standard InChI is InChI=1S/C18H26N2O3/c21-18(19-11-9-15-8-4-5-12-22-15)20-16-10-13-23-17(16)14-6-2-1-3-7-14/h1-3,6-7,15-17H,4-5,8-13H2,(H2,19,20,21)/t15-,16-,17+/m0/s1. The Morgan fingerprint density at radius 3 is 2.74 bits per heavy atom. The summed E-state index contributed by atoms with van der Waals surface area (Å²) in [6.45, 7) is 2.19. The van der Waals surface area contributed by atoms with Crippen LogP contribution in [-0.4, -0.2) is 37.9 Å². The summed E-state index contributed by atoms with van der Waals surface area (Å²) in [6.07, 6.45) is 5.48. The maximum atomic E-state index is 12.1. The van der Waals surface area contributed by atoms with E-state index in [9.17, 15) is 4.79 Å². The normalized spacial score (nSPS) is 27.6. The van der Waals surface area contributed by atoms with Crippen molar-refractivity contribution in [3.63, 3.8) is 0 Å². The molecule has 2 aliphatic rings. The summed E-state index contributed by atoms with van der Waals surface area (Å²) >= 11 is 0. The van der Waals surface area contributed by atoms with E-state index in [1.54, 1.807) is 0 Å². The first-order valence-corrected chi connectivity index (χ1v) is 8.65. The van der Waals surface area contributed by atoms with Gasteiger partial charge in [-0.3, -0.25) is 0 Å². The van der Waals surface area contributed by atoms with E-state index < -0.39 is 0 Å². The third kappa shape index (κ3) is 4.69. The highest BCUT2D eigenvalue weighted by Crippen LogP contribution is 2.28. The van der Waals surface area contributed by atoms with Crippen LogP contribution in [0.3, 0.4) is 0 Å². The number of carbonyl (C=O) groups excluding carboxylic acids is 1. The predicted molar refractivity (Wildman–Crippen MR) is 88.3 cm³/mol. The molecule has 1 aromatic rings. The third-order valence-electron chi connectivity index (χ3n) is 4.56. The van der Waals surface area contributed by atoms with Gasteiger partial charge < -0.3 is 20.1 Å². The van der Waals surface area contributed by atoms with E-state index in [2.05, 4.69) is 10.6 Å². The Labute approximate surface area is 137 Å². The molecule has 0 unspecified atom stereocenters. The van der Waals surface area contributed by atoms with Crippen LogP contribution in [0.5, 0.6) is 0 Å². The molecule has 3 rings (SSSR count). The highest BCUT2D eigenvalue weighted by molar-refractivity contribution is 5.74. The van der Waals surface area contributed by atoms with Crippen LogP contribution >= 0.6 is 0 Å². The summed E-state index contributed by atoms with van der Waals surface area (Å²) < 4.78 is 11.5. The lowest BCUT2D eigenvalue weighted by molar-refractivity contribution is 0.0119. The van der Waals surface area contributed by atoms with Gasteiger partial charge in [-0.05, 0) is 37.7 Å². The molecular weight excluding hydrogens is 292 g/mol. The molecule has 126 valence electrons. The maximum Gasteiger partial charge on any atom is 0.315 e. The first kappa shape index (κ1) is 16.3. The van der Waals surface area contributed by atoms with Crippen LogP contribution in [0.25, 0.3) is 0 Å². The van der Waals surface area contributed by atoms with E-state index in [-0.39, 0.29) is 18.2 Å². The van der Waals surface area contributed by atoms with E-state index in [4.69, 9.17) is 9.47 Å². The second-order valence-corrected chi connectivity index (χ2v) is 6.27. The average Bonchev–Trinajstić information content (AvgIpc) is 3.05. The lowest BCUT2D eigenvalue weighted by Gasteiger charge is -2.23. The number of amides is 2. The topological polar surface area (TPSA) is 59.6 Å². The number of nitrogens with one attached hydrogen (secondary N) is 2. The first-order valence-electron chi connectivity index (χ1n) is 8.65. The minimum absolute atomic E-state index is 0.0309. The third-order valence-corrected chi connectivity index (χ3v) is 4.56. The van der Waals surface area contributed by atoms with E-state index >= 15 is 0 Å². The fourth-order valence-corrected chi connectivity index (χ4v) is 3.31. The number of benzene rings is 1. The summed E-state index contributed by atoms with van der Waals surface area (Å²) in [4.78, 5) is 12.1. The van der Waals surface area contributed by atoms with Crippen LogP contribution in [0.15, 0.2) is 30.3 Å². The molecule has 2 heterocycles. The van der Waals surface area contributed by atoms with E-state index in [0.29, 0.717) is 19.3 Å². The molecule has 2 saturated heterocycles. The van der Waals surface area contributed by atoms with Crippen molar-refractivity contribution in [3.8, 4) is 0 Å². The Balaban J connectivity index is 1.42. The van der Waals surface area contributed by atoms with E-state index in [0.717, 1.165) is 37.9 Å². The molecule has 2 aliphatic heterocycles. The van der Waals surface area contributed by atoms with Gasteiger partial charge in [0.15, 0.2) is 0 Å². The Kier molecular flexibility index (Phi) is 5.88. The highest BCUT2D eigenvalue weighted by Gasteiger charge is 2.30. The number of hydrogen-bond acceptors (Lipinski definition) is 3. The Bertz CT molecular complexity index is 488. The molecule has 5 heteroatoms. The fraction of sp³-hybridized carbons (Fsp3) is 0.611. The molecule has 5 nitrogen and oxygen atoms in total. The number of rotatable bonds is 5. The molecule has 0 aromatic heterocycles. The molecular formula is C18H26N2O3. The van der Waals surface area contributed by atoms with Crippen LogP contribution in [0.1, 0.15) is 43.8 Å². The molecule has 2 fully saturated rings. The second-order valence-electron chi connectivity index (χ2n) is 6.27. The minimum atomic E-state index is -0.114. The molecule has 2 amide bonds. The molecule has 0 radical (unpaired) electrons. The van der Waals surface area contributed by atoms with Crippen molar-refractivity contribution >= 4 is 6.03 Å². The van der Waals surface area contributed by atoms with Crippen molar-refractivity contribution in [1.82, 2.24) is 10.6 Å². The number of carbonyl (C=O) groups is 1. The summed E-state index contributed by atoms with van der Waals surface area (Å²) in [5.41, 5.74) is 1.12. The monoisotopic (exact) mass is 318 g/mol. The number of urea groups is 1. The zero-order chi connectivity index (χ0) is 15.9. The van der Waals surface area contributed by atoms with Crippen molar-refractivity contribution in [1.29, 1.82) is 0 Å². The summed E-state index contributed by atoms with van der Waals surface area (Å²) in [6, 6.07) is 9.99. The Morgan fingerprint density at radius 1 is 1.09 bits per heavy atom. The SMILES string of the molecule is O=C(NCC[C@@H]1CCCCO1)N[C@H]1CCO[C@@H]1c1ccccc1. The molecule has 0 bridgehead atoms. The van der Waals surface area contributed by atoms with Gasteiger partial charge in [0, 0.05) is 19.8 Å². The van der Waals surface area contributed by atoms with Crippen LogP contribution in [0.2, 0.25) is 0 Å². The molecule has 0 saturated carbocycles. The van der Waals surface area contributed by atoms with Gasteiger partial charge in [-0.15, -0.1) is 0 Å². The molecule has 2 N–H and O–H groups in total. The smallest absolute Gasteiger partial charge is 0.315 e. The predicted octanol–water partition coefficient (Wildman–Crippen LogP) is 2.78. The highest BCUT2D eigenvalue weighted by atomic mass is 16.5. The van der Waals surface area contributed by atoms with Gasteiger partial charge in [-0.25, -0.2) is 4.79 Å².